The van der Waals surface area contributed by atoms with Crippen molar-refractivity contribution in [3.8, 4) is 0 Å². The molecule has 1 rings (SSSR count). The van der Waals surface area contributed by atoms with E-state index < -0.39 is 0 Å². The summed E-state index contributed by atoms with van der Waals surface area (Å²) in [6.45, 7) is 7.60. The van der Waals surface area contributed by atoms with Crippen molar-refractivity contribution in [1.29, 1.82) is 0 Å². The van der Waals surface area contributed by atoms with E-state index in [-0.39, 0.29) is 0 Å². The van der Waals surface area contributed by atoms with Crippen LogP contribution in [0, 0.1) is 0 Å². The van der Waals surface area contributed by atoms with Gasteiger partial charge in [0.2, 0.25) is 0 Å². The van der Waals surface area contributed by atoms with Crippen LogP contribution in [-0.4, -0.2) is 36.6 Å². The fourth-order valence-corrected chi connectivity index (χ4v) is 2.56. The quantitative estimate of drug-likeness (QED) is 0.537. The Morgan fingerprint density at radius 3 is 2.56 bits per heavy atom. The Labute approximate surface area is 102 Å². The van der Waals surface area contributed by atoms with Crippen LogP contribution < -0.4 is 0 Å². The zero-order valence-corrected chi connectivity index (χ0v) is 10.8. The zero-order chi connectivity index (χ0) is 11.8. The number of benzene rings is 1. The first-order chi connectivity index (χ1) is 7.81. The van der Waals surface area contributed by atoms with Crippen LogP contribution in [0.25, 0.3) is 0 Å². The van der Waals surface area contributed by atoms with E-state index in [0.29, 0.717) is 0 Å². The molecule has 0 radical (unpaired) electrons. The van der Waals surface area contributed by atoms with Gasteiger partial charge in [0.05, 0.1) is 0 Å². The standard InChI is InChI=1S/C13H19NOS/c1-3-14(4-2)9-10-16-13-8-6-5-7-12(13)11-15/h5-8,11H,3-4,9-10H2,1-2H3. The summed E-state index contributed by atoms with van der Waals surface area (Å²) in [5.74, 6) is 1.03. The van der Waals surface area contributed by atoms with E-state index in [9.17, 15) is 4.79 Å². The lowest BCUT2D eigenvalue weighted by molar-refractivity contribution is 0.112. The average Bonchev–Trinajstić information content (AvgIpc) is 2.35. The molecule has 0 amide bonds. The van der Waals surface area contributed by atoms with Crippen LogP contribution in [0.3, 0.4) is 0 Å². The summed E-state index contributed by atoms with van der Waals surface area (Å²) in [6.07, 6.45) is 0.930. The molecule has 1 aromatic carbocycles. The van der Waals surface area contributed by atoms with E-state index in [2.05, 4.69) is 18.7 Å². The molecule has 0 saturated heterocycles. The summed E-state index contributed by atoms with van der Waals surface area (Å²) >= 11 is 1.76. The lowest BCUT2D eigenvalue weighted by Crippen LogP contribution is -2.25. The number of carbonyl (C=O) groups excluding carboxylic acids is 1. The van der Waals surface area contributed by atoms with Crippen molar-refractivity contribution in [3.05, 3.63) is 29.8 Å². The summed E-state index contributed by atoms with van der Waals surface area (Å²) in [7, 11) is 0. The smallest absolute Gasteiger partial charge is 0.151 e. The summed E-state index contributed by atoms with van der Waals surface area (Å²) in [6, 6.07) is 7.76. The van der Waals surface area contributed by atoms with Crippen molar-refractivity contribution < 1.29 is 4.79 Å². The SMILES string of the molecule is CCN(CC)CCSc1ccccc1C=O. The minimum absolute atomic E-state index is 0.798. The molecule has 0 aromatic heterocycles. The van der Waals surface area contributed by atoms with Crippen molar-refractivity contribution >= 4 is 18.0 Å². The second kappa shape index (κ2) is 7.47. The fraction of sp³-hybridized carbons (Fsp3) is 0.462. The summed E-state index contributed by atoms with van der Waals surface area (Å²) in [5, 5.41) is 0. The normalized spacial score (nSPS) is 10.7. The highest BCUT2D eigenvalue weighted by Gasteiger charge is 2.03. The van der Waals surface area contributed by atoms with Crippen molar-refractivity contribution in [2.45, 2.75) is 18.7 Å². The number of thioether (sulfide) groups is 1. The first-order valence-corrected chi connectivity index (χ1v) is 6.69. The molecule has 0 heterocycles. The number of hydrogen-bond acceptors (Lipinski definition) is 3. The van der Waals surface area contributed by atoms with Crippen LogP contribution >= 0.6 is 11.8 Å². The van der Waals surface area contributed by atoms with Crippen LogP contribution in [0.15, 0.2) is 29.2 Å². The Balaban J connectivity index is 2.45. The van der Waals surface area contributed by atoms with E-state index in [0.717, 1.165) is 42.1 Å². The van der Waals surface area contributed by atoms with Gasteiger partial charge >= 0.3 is 0 Å². The third-order valence-corrected chi connectivity index (χ3v) is 3.67. The third-order valence-electron chi connectivity index (χ3n) is 2.61. The molecule has 2 nitrogen and oxygen atoms in total. The highest BCUT2D eigenvalue weighted by molar-refractivity contribution is 7.99. The number of rotatable bonds is 7. The van der Waals surface area contributed by atoms with Crippen molar-refractivity contribution in [2.75, 3.05) is 25.4 Å². The molecule has 1 aromatic rings. The topological polar surface area (TPSA) is 20.3 Å². The number of aldehydes is 1. The van der Waals surface area contributed by atoms with Crippen LogP contribution in [0.5, 0.6) is 0 Å². The van der Waals surface area contributed by atoms with Gasteiger partial charge < -0.3 is 4.90 Å². The largest absolute Gasteiger partial charge is 0.303 e. The van der Waals surface area contributed by atoms with E-state index in [4.69, 9.17) is 0 Å². The van der Waals surface area contributed by atoms with Crippen LogP contribution in [0.2, 0.25) is 0 Å². The van der Waals surface area contributed by atoms with Crippen molar-refractivity contribution in [1.82, 2.24) is 4.90 Å². The average molecular weight is 237 g/mol. The number of hydrogen-bond donors (Lipinski definition) is 0. The molecule has 0 bridgehead atoms. The first kappa shape index (κ1) is 13.3. The number of nitrogens with zero attached hydrogens (tertiary/aromatic N) is 1. The second-order valence-corrected chi connectivity index (χ2v) is 4.67. The highest BCUT2D eigenvalue weighted by atomic mass is 32.2. The van der Waals surface area contributed by atoms with Gasteiger partial charge in [-0.1, -0.05) is 32.0 Å². The first-order valence-electron chi connectivity index (χ1n) is 5.71. The molecule has 0 unspecified atom stereocenters. The third kappa shape index (κ3) is 3.99. The Morgan fingerprint density at radius 1 is 1.25 bits per heavy atom. The van der Waals surface area contributed by atoms with E-state index in [1.807, 2.05) is 24.3 Å². The molecule has 0 atom stereocenters. The van der Waals surface area contributed by atoms with Crippen LogP contribution in [-0.2, 0) is 0 Å². The molecular formula is C13H19NOS. The Hall–Kier alpha value is -0.800. The van der Waals surface area contributed by atoms with E-state index in [1.54, 1.807) is 11.8 Å². The monoisotopic (exact) mass is 237 g/mol. The summed E-state index contributed by atoms with van der Waals surface area (Å²) in [5.41, 5.74) is 0.798. The van der Waals surface area contributed by atoms with E-state index in [1.165, 1.54) is 0 Å². The molecule has 0 N–H and O–H groups in total. The Morgan fingerprint density at radius 2 is 1.94 bits per heavy atom. The van der Waals surface area contributed by atoms with Gasteiger partial charge in [0.25, 0.3) is 0 Å². The van der Waals surface area contributed by atoms with Crippen molar-refractivity contribution in [2.24, 2.45) is 0 Å². The predicted molar refractivity (Wildman–Crippen MR) is 70.3 cm³/mol. The predicted octanol–water partition coefficient (Wildman–Crippen LogP) is 2.93. The molecule has 0 spiro atoms. The van der Waals surface area contributed by atoms with Gasteiger partial charge in [-0.15, -0.1) is 11.8 Å². The van der Waals surface area contributed by atoms with E-state index >= 15 is 0 Å². The molecule has 0 aliphatic rings. The Kier molecular flexibility index (Phi) is 6.19. The maximum Gasteiger partial charge on any atom is 0.151 e. The second-order valence-electron chi connectivity index (χ2n) is 3.53. The highest BCUT2D eigenvalue weighted by Crippen LogP contribution is 2.21. The summed E-state index contributed by atoms with van der Waals surface area (Å²) in [4.78, 5) is 14.3. The van der Waals surface area contributed by atoms with Crippen molar-refractivity contribution in [3.63, 3.8) is 0 Å². The summed E-state index contributed by atoms with van der Waals surface area (Å²) < 4.78 is 0. The number of carbonyl (C=O) groups is 1. The lowest BCUT2D eigenvalue weighted by atomic mass is 10.2. The van der Waals surface area contributed by atoms with Gasteiger partial charge in [0, 0.05) is 22.8 Å². The molecule has 3 heteroatoms. The molecule has 16 heavy (non-hydrogen) atoms. The molecule has 0 aliphatic carbocycles. The maximum atomic E-state index is 10.8. The van der Waals surface area contributed by atoms with Crippen LogP contribution in [0.4, 0.5) is 0 Å². The van der Waals surface area contributed by atoms with Gasteiger partial charge in [-0.3, -0.25) is 4.79 Å². The van der Waals surface area contributed by atoms with Crippen LogP contribution in [0.1, 0.15) is 24.2 Å². The minimum Gasteiger partial charge on any atom is -0.303 e. The Bertz CT molecular complexity index is 323. The van der Waals surface area contributed by atoms with Gasteiger partial charge in [0.1, 0.15) is 0 Å². The van der Waals surface area contributed by atoms with Gasteiger partial charge in [-0.25, -0.2) is 0 Å². The molecule has 0 saturated carbocycles. The molecule has 0 aliphatic heterocycles. The molecule has 0 fully saturated rings. The minimum atomic E-state index is 0.798. The zero-order valence-electron chi connectivity index (χ0n) is 9.98. The maximum absolute atomic E-state index is 10.8. The van der Waals surface area contributed by atoms with Gasteiger partial charge in [-0.05, 0) is 19.2 Å². The lowest BCUT2D eigenvalue weighted by Gasteiger charge is -2.17. The van der Waals surface area contributed by atoms with Gasteiger partial charge in [-0.2, -0.15) is 0 Å². The fourth-order valence-electron chi connectivity index (χ4n) is 1.53. The molecular weight excluding hydrogens is 218 g/mol. The van der Waals surface area contributed by atoms with Gasteiger partial charge in [0.15, 0.2) is 6.29 Å². The molecule has 88 valence electrons.